The molecule has 1 aromatic carbocycles. The van der Waals surface area contributed by atoms with Gasteiger partial charge in [0.2, 0.25) is 0 Å². The van der Waals surface area contributed by atoms with Crippen LogP contribution in [0.4, 0.5) is 0 Å². The number of amides is 1. The zero-order valence-corrected chi connectivity index (χ0v) is 14.9. The maximum atomic E-state index is 12.6. The van der Waals surface area contributed by atoms with Crippen molar-refractivity contribution in [1.82, 2.24) is 15.3 Å². The molecule has 4 aromatic rings. The van der Waals surface area contributed by atoms with Gasteiger partial charge in [0.1, 0.15) is 11.2 Å². The Hall–Kier alpha value is -2.80. The molecule has 0 fully saturated rings. The van der Waals surface area contributed by atoms with Crippen LogP contribution >= 0.6 is 15.9 Å². The number of ether oxygens (including phenoxy) is 1. The first-order valence-electron chi connectivity index (χ1n) is 7.62. The van der Waals surface area contributed by atoms with Gasteiger partial charge in [0, 0.05) is 22.3 Å². The van der Waals surface area contributed by atoms with Crippen molar-refractivity contribution in [3.05, 3.63) is 58.5 Å². The van der Waals surface area contributed by atoms with E-state index < -0.39 is 0 Å². The van der Waals surface area contributed by atoms with E-state index in [0.717, 1.165) is 20.8 Å². The average Bonchev–Trinajstić information content (AvgIpc) is 3.19. The summed E-state index contributed by atoms with van der Waals surface area (Å²) in [5.41, 5.74) is 1.91. The number of nitrogens with one attached hydrogen (secondary N) is 2. The molecule has 0 spiro atoms. The lowest BCUT2D eigenvalue weighted by Crippen LogP contribution is -2.22. The van der Waals surface area contributed by atoms with E-state index in [1.807, 2.05) is 30.3 Å². The first kappa shape index (κ1) is 15.7. The fraction of sp³-hybridized carbons (Fsp3) is 0.111. The maximum Gasteiger partial charge on any atom is 0.253 e. The van der Waals surface area contributed by atoms with E-state index in [1.54, 1.807) is 19.5 Å². The predicted octanol–water partition coefficient (Wildman–Crippen LogP) is 4.01. The molecule has 2 N–H and O–H groups in total. The number of aromatic amines is 1. The van der Waals surface area contributed by atoms with E-state index in [9.17, 15) is 4.79 Å². The van der Waals surface area contributed by atoms with Gasteiger partial charge in [0.05, 0.1) is 24.6 Å². The van der Waals surface area contributed by atoms with E-state index >= 15 is 0 Å². The number of carbonyl (C=O) groups is 1. The molecule has 6 nitrogen and oxygen atoms in total. The summed E-state index contributed by atoms with van der Waals surface area (Å²) in [5.74, 6) is 1.00. The molecule has 3 aromatic heterocycles. The van der Waals surface area contributed by atoms with E-state index in [2.05, 4.69) is 31.2 Å². The third kappa shape index (κ3) is 2.76. The third-order valence-corrected chi connectivity index (χ3v) is 4.41. The van der Waals surface area contributed by atoms with Gasteiger partial charge < -0.3 is 19.5 Å². The Morgan fingerprint density at radius 1 is 1.36 bits per heavy atom. The second-order valence-corrected chi connectivity index (χ2v) is 6.41. The third-order valence-electron chi connectivity index (χ3n) is 3.97. The number of rotatable bonds is 4. The minimum atomic E-state index is -0.214. The highest BCUT2D eigenvalue weighted by atomic mass is 79.9. The van der Waals surface area contributed by atoms with Crippen LogP contribution in [0.5, 0.6) is 5.75 Å². The van der Waals surface area contributed by atoms with Crippen LogP contribution in [0, 0.1) is 0 Å². The number of nitrogens with zero attached hydrogens (tertiary/aromatic N) is 1. The van der Waals surface area contributed by atoms with Gasteiger partial charge in [-0.2, -0.15) is 0 Å². The number of methoxy groups -OCH3 is 1. The van der Waals surface area contributed by atoms with Crippen LogP contribution in [-0.2, 0) is 6.54 Å². The minimum absolute atomic E-state index is 0.214. The second kappa shape index (κ2) is 6.25. The molecule has 0 radical (unpaired) electrons. The smallest absolute Gasteiger partial charge is 0.253 e. The number of carbonyl (C=O) groups excluding carboxylic acids is 1. The molecule has 0 atom stereocenters. The zero-order chi connectivity index (χ0) is 17.4. The number of fused-ring (bicyclic) bond motifs is 2. The van der Waals surface area contributed by atoms with Crippen molar-refractivity contribution in [2.45, 2.75) is 6.54 Å². The van der Waals surface area contributed by atoms with Crippen molar-refractivity contribution < 1.29 is 13.9 Å². The van der Waals surface area contributed by atoms with Crippen LogP contribution in [0.1, 0.15) is 16.1 Å². The lowest BCUT2D eigenvalue weighted by atomic mass is 10.2. The summed E-state index contributed by atoms with van der Waals surface area (Å²) in [6.07, 6.45) is 3.33. The molecule has 126 valence electrons. The molecule has 0 bridgehead atoms. The summed E-state index contributed by atoms with van der Waals surface area (Å²) >= 11 is 3.37. The van der Waals surface area contributed by atoms with Gasteiger partial charge >= 0.3 is 0 Å². The predicted molar refractivity (Wildman–Crippen MR) is 97.7 cm³/mol. The normalized spacial score (nSPS) is 11.1. The lowest BCUT2D eigenvalue weighted by Gasteiger charge is -2.04. The van der Waals surface area contributed by atoms with Crippen LogP contribution in [0.25, 0.3) is 22.0 Å². The lowest BCUT2D eigenvalue weighted by molar-refractivity contribution is 0.0949. The highest BCUT2D eigenvalue weighted by Crippen LogP contribution is 2.32. The zero-order valence-electron chi connectivity index (χ0n) is 13.3. The summed E-state index contributed by atoms with van der Waals surface area (Å²) in [7, 11) is 1.59. The molecule has 0 aliphatic carbocycles. The standard InChI is InChI=1S/C18H14BrN3O3/c1-24-16-11-4-2-3-5-14(11)25-15(16)9-22-18(23)13-8-21-17-12(13)6-10(19)7-20-17/h2-8H,9H2,1H3,(H,20,21)(H,22,23). The van der Waals surface area contributed by atoms with Gasteiger partial charge in [-0.1, -0.05) is 12.1 Å². The molecule has 1 amide bonds. The topological polar surface area (TPSA) is 80.1 Å². The van der Waals surface area contributed by atoms with Crippen LogP contribution in [-0.4, -0.2) is 23.0 Å². The molecule has 0 aliphatic heterocycles. The molecule has 25 heavy (non-hydrogen) atoms. The van der Waals surface area contributed by atoms with E-state index in [0.29, 0.717) is 22.7 Å². The van der Waals surface area contributed by atoms with E-state index in [1.165, 1.54) is 0 Å². The molecule has 0 unspecified atom stereocenters. The number of hydrogen-bond acceptors (Lipinski definition) is 4. The van der Waals surface area contributed by atoms with E-state index in [4.69, 9.17) is 9.15 Å². The molecule has 0 aliphatic rings. The number of furan rings is 1. The van der Waals surface area contributed by atoms with Gasteiger partial charge in [-0.05, 0) is 34.1 Å². The molecule has 7 heteroatoms. The Balaban J connectivity index is 1.60. The van der Waals surface area contributed by atoms with Crippen LogP contribution < -0.4 is 10.1 Å². The van der Waals surface area contributed by atoms with Crippen molar-refractivity contribution in [3.8, 4) is 5.75 Å². The summed E-state index contributed by atoms with van der Waals surface area (Å²) < 4.78 is 12.0. The minimum Gasteiger partial charge on any atom is -0.492 e. The van der Waals surface area contributed by atoms with Gasteiger partial charge in [-0.25, -0.2) is 4.98 Å². The molecular weight excluding hydrogens is 386 g/mol. The van der Waals surface area contributed by atoms with Gasteiger partial charge in [-0.3, -0.25) is 4.79 Å². The van der Waals surface area contributed by atoms with Crippen molar-refractivity contribution in [1.29, 1.82) is 0 Å². The van der Waals surface area contributed by atoms with E-state index in [-0.39, 0.29) is 12.5 Å². The number of aromatic nitrogens is 2. The average molecular weight is 400 g/mol. The molecule has 4 rings (SSSR count). The van der Waals surface area contributed by atoms with Crippen molar-refractivity contribution in [2.75, 3.05) is 7.11 Å². The molecular formula is C18H14BrN3O3. The monoisotopic (exact) mass is 399 g/mol. The molecule has 3 heterocycles. The van der Waals surface area contributed by atoms with Crippen LogP contribution in [0.3, 0.4) is 0 Å². The van der Waals surface area contributed by atoms with Crippen LogP contribution in [0.15, 0.2) is 51.6 Å². The molecule has 0 saturated carbocycles. The number of benzene rings is 1. The van der Waals surface area contributed by atoms with Crippen molar-refractivity contribution in [3.63, 3.8) is 0 Å². The summed E-state index contributed by atoms with van der Waals surface area (Å²) in [5, 5.41) is 4.51. The first-order chi connectivity index (χ1) is 12.2. The highest BCUT2D eigenvalue weighted by molar-refractivity contribution is 9.10. The number of hydrogen-bond donors (Lipinski definition) is 2. The largest absolute Gasteiger partial charge is 0.492 e. The Kier molecular flexibility index (Phi) is 3.93. The number of para-hydroxylation sites is 1. The summed E-state index contributed by atoms with van der Waals surface area (Å²) in [6.45, 7) is 0.227. The fourth-order valence-electron chi connectivity index (χ4n) is 2.83. The number of H-pyrrole nitrogens is 1. The fourth-order valence-corrected chi connectivity index (χ4v) is 3.17. The second-order valence-electron chi connectivity index (χ2n) is 5.49. The van der Waals surface area contributed by atoms with Gasteiger partial charge in [-0.15, -0.1) is 0 Å². The van der Waals surface area contributed by atoms with Gasteiger partial charge in [0.15, 0.2) is 11.5 Å². The summed E-state index contributed by atoms with van der Waals surface area (Å²) in [4.78, 5) is 19.8. The Morgan fingerprint density at radius 2 is 2.20 bits per heavy atom. The Labute approximate surface area is 151 Å². The summed E-state index contributed by atoms with van der Waals surface area (Å²) in [6, 6.07) is 9.46. The quantitative estimate of drug-likeness (QED) is 0.543. The molecule has 0 saturated heterocycles. The Bertz CT molecular complexity index is 1080. The SMILES string of the molecule is COc1c(CNC(=O)c2c[nH]c3ncc(Br)cc23)oc2ccccc12. The highest BCUT2D eigenvalue weighted by Gasteiger charge is 2.17. The van der Waals surface area contributed by atoms with Gasteiger partial charge in [0.25, 0.3) is 5.91 Å². The van der Waals surface area contributed by atoms with Crippen LogP contribution in [0.2, 0.25) is 0 Å². The first-order valence-corrected chi connectivity index (χ1v) is 8.42. The Morgan fingerprint density at radius 3 is 3.04 bits per heavy atom. The van der Waals surface area contributed by atoms with Crippen molar-refractivity contribution in [2.24, 2.45) is 0 Å². The number of pyridine rings is 1. The maximum absolute atomic E-state index is 12.6. The van der Waals surface area contributed by atoms with Crippen molar-refractivity contribution >= 4 is 43.8 Å². The number of halogens is 1.